The van der Waals surface area contributed by atoms with Gasteiger partial charge < -0.3 is 25.0 Å². The molecule has 0 aromatic carbocycles. The first-order chi connectivity index (χ1) is 12.2. The standard InChI is InChI=1S/C19H35N3O4/c1-14-6-5-10-22(13-14)11-9-20-17(23)16-8-7-15(25-16)12-21-18(24)26-19(2,3)4/h14-16H,5-13H2,1-4H3,(H,20,23)(H,21,24)/t14-,15+,16-/m1/s1. The van der Waals surface area contributed by atoms with E-state index in [0.717, 1.165) is 32.0 Å². The molecule has 7 nitrogen and oxygen atoms in total. The first kappa shape index (κ1) is 21.0. The summed E-state index contributed by atoms with van der Waals surface area (Å²) in [5, 5.41) is 5.69. The molecule has 0 aliphatic carbocycles. The fraction of sp³-hybridized carbons (Fsp3) is 0.895. The Kier molecular flexibility index (Phi) is 7.70. The highest BCUT2D eigenvalue weighted by Crippen LogP contribution is 2.19. The summed E-state index contributed by atoms with van der Waals surface area (Å²) >= 11 is 0. The lowest BCUT2D eigenvalue weighted by molar-refractivity contribution is -0.131. The van der Waals surface area contributed by atoms with E-state index >= 15 is 0 Å². The van der Waals surface area contributed by atoms with Crippen molar-refractivity contribution in [2.75, 3.05) is 32.7 Å². The molecule has 2 heterocycles. The highest BCUT2D eigenvalue weighted by Gasteiger charge is 2.31. The van der Waals surface area contributed by atoms with Crippen LogP contribution in [0.4, 0.5) is 4.79 Å². The van der Waals surface area contributed by atoms with Crippen molar-refractivity contribution in [3.8, 4) is 0 Å². The summed E-state index contributed by atoms with van der Waals surface area (Å²) in [6.07, 6.45) is 2.99. The third-order valence-electron chi connectivity index (χ3n) is 4.74. The zero-order chi connectivity index (χ0) is 19.2. The van der Waals surface area contributed by atoms with Crippen molar-refractivity contribution in [3.05, 3.63) is 0 Å². The number of piperidine rings is 1. The predicted molar refractivity (Wildman–Crippen MR) is 100.0 cm³/mol. The maximum absolute atomic E-state index is 12.3. The molecule has 0 unspecified atom stereocenters. The largest absolute Gasteiger partial charge is 0.444 e. The molecular formula is C19H35N3O4. The fourth-order valence-corrected chi connectivity index (χ4v) is 3.50. The number of carbonyl (C=O) groups excluding carboxylic acids is 2. The Hall–Kier alpha value is -1.34. The van der Waals surface area contributed by atoms with Crippen LogP contribution in [0.2, 0.25) is 0 Å². The molecule has 7 heteroatoms. The smallest absolute Gasteiger partial charge is 0.407 e. The van der Waals surface area contributed by atoms with E-state index in [1.165, 1.54) is 12.8 Å². The molecule has 2 aliphatic rings. The van der Waals surface area contributed by atoms with Crippen LogP contribution in [0.1, 0.15) is 53.4 Å². The molecule has 3 atom stereocenters. The second-order valence-corrected chi connectivity index (χ2v) is 8.55. The third kappa shape index (κ3) is 7.50. The van der Waals surface area contributed by atoms with Crippen LogP contribution in [0.3, 0.4) is 0 Å². The number of alkyl carbamates (subject to hydrolysis) is 1. The van der Waals surface area contributed by atoms with Crippen molar-refractivity contribution < 1.29 is 19.1 Å². The van der Waals surface area contributed by atoms with E-state index in [-0.39, 0.29) is 12.0 Å². The molecule has 2 N–H and O–H groups in total. The van der Waals surface area contributed by atoms with Gasteiger partial charge in [0, 0.05) is 26.2 Å². The number of rotatable bonds is 6. The molecule has 2 rings (SSSR count). The minimum Gasteiger partial charge on any atom is -0.444 e. The Morgan fingerprint density at radius 1 is 1.19 bits per heavy atom. The van der Waals surface area contributed by atoms with Crippen molar-refractivity contribution in [3.63, 3.8) is 0 Å². The Morgan fingerprint density at radius 2 is 1.96 bits per heavy atom. The SMILES string of the molecule is C[C@@H]1CCCN(CCNC(=O)[C@H]2CC[C@@H](CNC(=O)OC(C)(C)C)O2)C1. The molecule has 0 aromatic heterocycles. The average Bonchev–Trinajstić information content (AvgIpc) is 3.00. The van der Waals surface area contributed by atoms with Gasteiger partial charge >= 0.3 is 6.09 Å². The zero-order valence-corrected chi connectivity index (χ0v) is 16.7. The summed E-state index contributed by atoms with van der Waals surface area (Å²) in [4.78, 5) is 26.3. The second-order valence-electron chi connectivity index (χ2n) is 8.55. The topological polar surface area (TPSA) is 79.9 Å². The summed E-state index contributed by atoms with van der Waals surface area (Å²) in [6, 6.07) is 0. The predicted octanol–water partition coefficient (Wildman–Crippen LogP) is 1.91. The van der Waals surface area contributed by atoms with E-state index in [1.54, 1.807) is 0 Å². The maximum Gasteiger partial charge on any atom is 0.407 e. The van der Waals surface area contributed by atoms with E-state index in [9.17, 15) is 9.59 Å². The summed E-state index contributed by atoms with van der Waals surface area (Å²) in [5.41, 5.74) is -0.519. The molecule has 0 aromatic rings. The summed E-state index contributed by atoms with van der Waals surface area (Å²) in [6.45, 7) is 11.9. The highest BCUT2D eigenvalue weighted by atomic mass is 16.6. The van der Waals surface area contributed by atoms with Gasteiger partial charge in [0.1, 0.15) is 11.7 Å². The molecule has 2 amide bonds. The molecule has 0 spiro atoms. The van der Waals surface area contributed by atoms with Crippen molar-refractivity contribution in [2.45, 2.75) is 71.2 Å². The molecule has 2 saturated heterocycles. The molecular weight excluding hydrogens is 334 g/mol. The van der Waals surface area contributed by atoms with E-state index in [1.807, 2.05) is 20.8 Å². The van der Waals surface area contributed by atoms with Gasteiger partial charge in [0.15, 0.2) is 0 Å². The van der Waals surface area contributed by atoms with Crippen LogP contribution in [0, 0.1) is 5.92 Å². The van der Waals surface area contributed by atoms with Crippen LogP contribution in [-0.2, 0) is 14.3 Å². The van der Waals surface area contributed by atoms with Crippen LogP contribution in [0.5, 0.6) is 0 Å². The lowest BCUT2D eigenvalue weighted by Crippen LogP contribution is -2.43. The summed E-state index contributed by atoms with van der Waals surface area (Å²) < 4.78 is 11.0. The van der Waals surface area contributed by atoms with Gasteiger partial charge in [0.05, 0.1) is 6.10 Å². The first-order valence-electron chi connectivity index (χ1n) is 9.85. The number of amides is 2. The minimum atomic E-state index is -0.519. The Balaban J connectivity index is 1.60. The number of hydrogen-bond acceptors (Lipinski definition) is 5. The number of carbonyl (C=O) groups is 2. The van der Waals surface area contributed by atoms with Crippen LogP contribution in [-0.4, -0.2) is 67.4 Å². The molecule has 0 bridgehead atoms. The van der Waals surface area contributed by atoms with Crippen LogP contribution >= 0.6 is 0 Å². The molecule has 150 valence electrons. The van der Waals surface area contributed by atoms with E-state index in [4.69, 9.17) is 9.47 Å². The second kappa shape index (κ2) is 9.55. The number of likely N-dealkylation sites (tertiary alicyclic amines) is 1. The van der Waals surface area contributed by atoms with E-state index in [0.29, 0.717) is 19.5 Å². The lowest BCUT2D eigenvalue weighted by atomic mass is 10.0. The van der Waals surface area contributed by atoms with Crippen LogP contribution in [0.25, 0.3) is 0 Å². The van der Waals surface area contributed by atoms with Gasteiger partial charge in [-0.3, -0.25) is 4.79 Å². The van der Waals surface area contributed by atoms with Gasteiger partial charge in [-0.15, -0.1) is 0 Å². The van der Waals surface area contributed by atoms with Crippen molar-refractivity contribution in [2.24, 2.45) is 5.92 Å². The molecule has 0 radical (unpaired) electrons. The Labute approximate surface area is 157 Å². The number of hydrogen-bond donors (Lipinski definition) is 2. The van der Waals surface area contributed by atoms with Crippen LogP contribution < -0.4 is 10.6 Å². The van der Waals surface area contributed by atoms with Gasteiger partial charge in [-0.05, 0) is 58.9 Å². The molecule has 0 saturated carbocycles. The third-order valence-corrected chi connectivity index (χ3v) is 4.74. The van der Waals surface area contributed by atoms with Crippen molar-refractivity contribution in [1.82, 2.24) is 15.5 Å². The van der Waals surface area contributed by atoms with Crippen molar-refractivity contribution >= 4 is 12.0 Å². The number of ether oxygens (including phenoxy) is 2. The normalized spacial score (nSPS) is 27.2. The maximum atomic E-state index is 12.3. The summed E-state index contributed by atoms with van der Waals surface area (Å²) in [5.74, 6) is 0.700. The van der Waals surface area contributed by atoms with Crippen molar-refractivity contribution in [1.29, 1.82) is 0 Å². The Morgan fingerprint density at radius 3 is 2.65 bits per heavy atom. The van der Waals surface area contributed by atoms with Gasteiger partial charge in [0.25, 0.3) is 0 Å². The average molecular weight is 370 g/mol. The van der Waals surface area contributed by atoms with E-state index in [2.05, 4.69) is 22.5 Å². The highest BCUT2D eigenvalue weighted by molar-refractivity contribution is 5.81. The molecule has 2 aliphatic heterocycles. The Bertz CT molecular complexity index is 478. The fourth-order valence-electron chi connectivity index (χ4n) is 3.50. The quantitative estimate of drug-likeness (QED) is 0.748. The number of nitrogens with one attached hydrogen (secondary N) is 2. The summed E-state index contributed by atoms with van der Waals surface area (Å²) in [7, 11) is 0. The lowest BCUT2D eigenvalue weighted by Gasteiger charge is -2.30. The first-order valence-corrected chi connectivity index (χ1v) is 9.85. The van der Waals surface area contributed by atoms with E-state index < -0.39 is 17.8 Å². The monoisotopic (exact) mass is 369 g/mol. The van der Waals surface area contributed by atoms with Gasteiger partial charge in [-0.25, -0.2) is 4.79 Å². The molecule has 2 fully saturated rings. The van der Waals surface area contributed by atoms with Gasteiger partial charge in [0.2, 0.25) is 5.91 Å². The van der Waals surface area contributed by atoms with Gasteiger partial charge in [-0.1, -0.05) is 6.92 Å². The molecule has 26 heavy (non-hydrogen) atoms. The minimum absolute atomic E-state index is 0.0465. The van der Waals surface area contributed by atoms with Gasteiger partial charge in [-0.2, -0.15) is 0 Å². The van der Waals surface area contributed by atoms with Crippen LogP contribution in [0.15, 0.2) is 0 Å². The number of nitrogens with zero attached hydrogens (tertiary/aromatic N) is 1. The zero-order valence-electron chi connectivity index (χ0n) is 16.7.